The summed E-state index contributed by atoms with van der Waals surface area (Å²) in [5, 5.41) is 0. The number of hydrogen-bond donors (Lipinski definition) is 0. The average molecular weight is 248 g/mol. The summed E-state index contributed by atoms with van der Waals surface area (Å²) in [6.07, 6.45) is 3.64. The van der Waals surface area contributed by atoms with Gasteiger partial charge in [-0.3, -0.25) is 0 Å². The first-order valence-corrected chi connectivity index (χ1v) is 6.27. The molecule has 0 aliphatic carbocycles. The second kappa shape index (κ2) is 3.03. The Morgan fingerprint density at radius 1 is 1.21 bits per heavy atom. The maximum Gasteiger partial charge on any atom is 0.334 e. The molecule has 0 N–H and O–H groups in total. The lowest BCUT2D eigenvalue weighted by molar-refractivity contribution is -0.651. The zero-order valence-electron chi connectivity index (χ0n) is 10.1. The van der Waals surface area contributed by atoms with Gasteiger partial charge in [-0.1, -0.05) is 18.2 Å². The highest BCUT2D eigenvalue weighted by Gasteiger charge is 2.32. The van der Waals surface area contributed by atoms with Crippen molar-refractivity contribution in [2.45, 2.75) is 6.54 Å². The van der Waals surface area contributed by atoms with Gasteiger partial charge in [-0.15, -0.1) is 0 Å². The molecule has 1 aliphatic rings. The van der Waals surface area contributed by atoms with Crippen LogP contribution in [0.3, 0.4) is 0 Å². The van der Waals surface area contributed by atoms with Crippen LogP contribution in [-0.2, 0) is 6.54 Å². The lowest BCUT2D eigenvalue weighted by Gasteiger charge is -1.91. The van der Waals surface area contributed by atoms with E-state index in [2.05, 4.69) is 44.3 Å². The van der Waals surface area contributed by atoms with E-state index in [1.165, 1.54) is 11.1 Å². The number of hydrogen-bond acceptors (Lipinski definition) is 2. The minimum absolute atomic E-state index is 0.861. The topological polar surface area (TPSA) is 34.3 Å². The van der Waals surface area contributed by atoms with Crippen molar-refractivity contribution in [3.63, 3.8) is 0 Å². The lowest BCUT2D eigenvalue weighted by atomic mass is 10.1. The number of oxazole rings is 1. The van der Waals surface area contributed by atoms with Crippen molar-refractivity contribution in [3.05, 3.63) is 54.5 Å². The molecule has 0 saturated heterocycles. The fraction of sp³-hybridized carbons (Fsp3) is 0.0667. The number of rotatable bonds is 0. The van der Waals surface area contributed by atoms with Crippen LogP contribution in [0.1, 0.15) is 5.56 Å². The molecule has 0 amide bonds. The minimum Gasteiger partial charge on any atom is -0.414 e. The molecule has 1 aliphatic heterocycles. The van der Waals surface area contributed by atoms with Crippen LogP contribution in [0.5, 0.6) is 0 Å². The molecule has 4 aromatic rings. The van der Waals surface area contributed by atoms with Crippen molar-refractivity contribution >= 4 is 16.7 Å². The van der Waals surface area contributed by atoms with Crippen LogP contribution in [0.25, 0.3) is 28.2 Å². The standard InChI is InChI=1S/C15H10N3O/c1-2-4-12-10(3-1)8-17-14-13(19-15(12)17)7-11-5-6-16-9-18(11)14/h1-7,9H,8H2/q+1. The fourth-order valence-corrected chi connectivity index (χ4v) is 2.96. The molecule has 0 bridgehead atoms. The van der Waals surface area contributed by atoms with E-state index < -0.39 is 0 Å². The average Bonchev–Trinajstić information content (AvgIpc) is 3.05. The zero-order valence-corrected chi connectivity index (χ0v) is 10.1. The highest BCUT2D eigenvalue weighted by Crippen LogP contribution is 2.31. The van der Waals surface area contributed by atoms with Crippen molar-refractivity contribution < 1.29 is 8.98 Å². The summed E-state index contributed by atoms with van der Waals surface area (Å²) in [4.78, 5) is 4.20. The third kappa shape index (κ3) is 1.04. The van der Waals surface area contributed by atoms with Crippen molar-refractivity contribution in [2.75, 3.05) is 0 Å². The van der Waals surface area contributed by atoms with E-state index >= 15 is 0 Å². The number of benzene rings is 1. The van der Waals surface area contributed by atoms with Gasteiger partial charge in [-0.25, -0.2) is 4.98 Å². The van der Waals surface area contributed by atoms with Crippen molar-refractivity contribution in [1.82, 2.24) is 9.38 Å². The Morgan fingerprint density at radius 3 is 3.16 bits per heavy atom. The molecule has 0 radical (unpaired) electrons. The zero-order chi connectivity index (χ0) is 12.4. The van der Waals surface area contributed by atoms with Gasteiger partial charge >= 0.3 is 5.65 Å². The van der Waals surface area contributed by atoms with Crippen LogP contribution in [0.2, 0.25) is 0 Å². The summed E-state index contributed by atoms with van der Waals surface area (Å²) in [5.41, 5.74) is 5.60. The van der Waals surface area contributed by atoms with Crippen LogP contribution in [-0.4, -0.2) is 9.38 Å². The van der Waals surface area contributed by atoms with Gasteiger partial charge in [0, 0.05) is 23.9 Å². The van der Waals surface area contributed by atoms with Gasteiger partial charge in [0.1, 0.15) is 12.1 Å². The van der Waals surface area contributed by atoms with E-state index in [1.54, 1.807) is 6.20 Å². The predicted octanol–water partition coefficient (Wildman–Crippen LogP) is 2.40. The van der Waals surface area contributed by atoms with Gasteiger partial charge in [0.2, 0.25) is 5.58 Å². The molecular formula is C15H10N3O+. The van der Waals surface area contributed by atoms with Crippen LogP contribution in [0.15, 0.2) is 53.3 Å². The number of nitrogens with zero attached hydrogens (tertiary/aromatic N) is 3. The summed E-state index contributed by atoms with van der Waals surface area (Å²) in [6, 6.07) is 12.4. The van der Waals surface area contributed by atoms with E-state index in [1.807, 2.05) is 12.4 Å². The highest BCUT2D eigenvalue weighted by molar-refractivity contribution is 5.79. The second-order valence-electron chi connectivity index (χ2n) is 4.86. The number of fused-ring (bicyclic) bond motifs is 7. The summed E-state index contributed by atoms with van der Waals surface area (Å²) < 4.78 is 10.3. The van der Waals surface area contributed by atoms with Gasteiger partial charge in [-0.05, 0) is 6.07 Å². The third-order valence-corrected chi connectivity index (χ3v) is 3.80. The molecule has 0 saturated carbocycles. The molecule has 0 unspecified atom stereocenters. The van der Waals surface area contributed by atoms with E-state index in [-0.39, 0.29) is 0 Å². The maximum atomic E-state index is 6.04. The quantitative estimate of drug-likeness (QED) is 0.394. The fourth-order valence-electron chi connectivity index (χ4n) is 2.96. The van der Waals surface area contributed by atoms with Crippen molar-refractivity contribution in [1.29, 1.82) is 0 Å². The second-order valence-corrected chi connectivity index (χ2v) is 4.86. The first-order valence-electron chi connectivity index (χ1n) is 6.27. The normalized spacial score (nSPS) is 13.1. The Labute approximate surface area is 108 Å². The van der Waals surface area contributed by atoms with Crippen LogP contribution >= 0.6 is 0 Å². The van der Waals surface area contributed by atoms with Crippen LogP contribution < -0.4 is 4.57 Å². The van der Waals surface area contributed by atoms with Crippen LogP contribution in [0, 0.1) is 0 Å². The molecule has 4 heteroatoms. The Hall–Kier alpha value is -2.62. The third-order valence-electron chi connectivity index (χ3n) is 3.80. The highest BCUT2D eigenvalue weighted by atomic mass is 16.4. The Bertz CT molecular complexity index is 949. The molecule has 0 spiro atoms. The molecule has 4 nitrogen and oxygen atoms in total. The molecule has 3 aromatic heterocycles. The largest absolute Gasteiger partial charge is 0.414 e. The smallest absolute Gasteiger partial charge is 0.334 e. The Morgan fingerprint density at radius 2 is 2.16 bits per heavy atom. The minimum atomic E-state index is 0.861. The molecule has 0 fully saturated rings. The molecule has 5 rings (SSSR count). The van der Waals surface area contributed by atoms with E-state index in [4.69, 9.17) is 4.42 Å². The Kier molecular flexibility index (Phi) is 1.49. The molecule has 90 valence electrons. The van der Waals surface area contributed by atoms with Gasteiger partial charge in [-0.2, -0.15) is 8.97 Å². The molecule has 0 atom stereocenters. The van der Waals surface area contributed by atoms with Crippen molar-refractivity contribution in [3.8, 4) is 11.5 Å². The molecule has 19 heavy (non-hydrogen) atoms. The number of aromatic nitrogens is 3. The molecule has 1 aromatic carbocycles. The van der Waals surface area contributed by atoms with Gasteiger partial charge in [0.15, 0.2) is 6.33 Å². The van der Waals surface area contributed by atoms with Gasteiger partial charge in [0.05, 0.1) is 5.56 Å². The first-order chi connectivity index (χ1) is 9.42. The summed E-state index contributed by atoms with van der Waals surface area (Å²) in [5.74, 6) is 0.943. The van der Waals surface area contributed by atoms with E-state index in [0.717, 1.165) is 29.2 Å². The van der Waals surface area contributed by atoms with E-state index in [0.29, 0.717) is 0 Å². The van der Waals surface area contributed by atoms with E-state index in [9.17, 15) is 0 Å². The van der Waals surface area contributed by atoms with Crippen LogP contribution in [0.4, 0.5) is 0 Å². The summed E-state index contributed by atoms with van der Waals surface area (Å²) in [6.45, 7) is 0.861. The first kappa shape index (κ1) is 9.33. The van der Waals surface area contributed by atoms with Gasteiger partial charge < -0.3 is 4.42 Å². The Balaban J connectivity index is 1.94. The monoisotopic (exact) mass is 248 g/mol. The summed E-state index contributed by atoms with van der Waals surface area (Å²) in [7, 11) is 0. The maximum absolute atomic E-state index is 6.04. The summed E-state index contributed by atoms with van der Waals surface area (Å²) >= 11 is 0. The SMILES string of the molecule is c1ccc2c(c1)C[n+]1c-2oc2cc3ccncn3c21. The van der Waals surface area contributed by atoms with Gasteiger partial charge in [0.25, 0.3) is 5.89 Å². The van der Waals surface area contributed by atoms with Crippen molar-refractivity contribution in [2.24, 2.45) is 0 Å². The molecular weight excluding hydrogens is 238 g/mol. The predicted molar refractivity (Wildman–Crippen MR) is 69.7 cm³/mol. The molecule has 4 heterocycles. The lowest BCUT2D eigenvalue weighted by Crippen LogP contribution is -2.31.